The largest absolute Gasteiger partial charge is 0.340 e. The predicted molar refractivity (Wildman–Crippen MR) is 78.1 cm³/mol. The van der Waals surface area contributed by atoms with Crippen molar-refractivity contribution >= 4 is 11.6 Å². The van der Waals surface area contributed by atoms with Crippen LogP contribution in [0.1, 0.15) is 11.1 Å². The van der Waals surface area contributed by atoms with Crippen LogP contribution in [-0.2, 0) is 17.6 Å². The molecule has 0 aromatic heterocycles. The van der Waals surface area contributed by atoms with E-state index in [-0.39, 0.29) is 22.4 Å². The Balaban J connectivity index is 1.74. The molecule has 1 atom stereocenters. The first kappa shape index (κ1) is 14.0. The molecule has 0 spiro atoms. The molecule has 0 radical (unpaired) electrons. The number of nitrogens with zero attached hydrogens (tertiary/aromatic N) is 3. The maximum Gasteiger partial charge on any atom is 0.272 e. The average molecular weight is 289 g/mol. The van der Waals surface area contributed by atoms with E-state index in [1.807, 2.05) is 11.0 Å². The number of hydrogen-bond acceptors (Lipinski definition) is 4. The minimum absolute atomic E-state index is 0.135. The molecule has 6 heteroatoms. The van der Waals surface area contributed by atoms with E-state index in [1.165, 1.54) is 6.07 Å². The molecule has 6 nitrogen and oxygen atoms in total. The van der Waals surface area contributed by atoms with Gasteiger partial charge in [-0.3, -0.25) is 14.9 Å². The van der Waals surface area contributed by atoms with Crippen LogP contribution in [0.15, 0.2) is 18.2 Å². The second-order valence-corrected chi connectivity index (χ2v) is 5.91. The van der Waals surface area contributed by atoms with Crippen LogP contribution < -0.4 is 0 Å². The molecule has 1 aliphatic carbocycles. The Morgan fingerprint density at radius 1 is 1.24 bits per heavy atom. The minimum atomic E-state index is -0.346. The molecule has 0 saturated carbocycles. The van der Waals surface area contributed by atoms with E-state index in [0.29, 0.717) is 12.8 Å². The lowest BCUT2D eigenvalue weighted by atomic mass is 10.0. The number of fused-ring (bicyclic) bond motifs is 1. The standard InChI is InChI=1S/C15H19N3O3/c1-16-5-7-17(8-6-16)15(19)12-9-11-3-2-4-14(18(20)21)13(11)10-12/h2-4,12H,5-10H2,1H3/t12-/m1/s1. The third kappa shape index (κ3) is 2.63. The Morgan fingerprint density at radius 2 is 1.95 bits per heavy atom. The first-order valence-corrected chi connectivity index (χ1v) is 7.28. The summed E-state index contributed by atoms with van der Waals surface area (Å²) in [7, 11) is 2.05. The van der Waals surface area contributed by atoms with Crippen molar-refractivity contribution in [3.63, 3.8) is 0 Å². The molecule has 112 valence electrons. The summed E-state index contributed by atoms with van der Waals surface area (Å²) in [6.07, 6.45) is 1.12. The topological polar surface area (TPSA) is 66.7 Å². The van der Waals surface area contributed by atoms with Crippen LogP contribution in [0, 0.1) is 16.0 Å². The third-order valence-electron chi connectivity index (χ3n) is 4.53. The molecule has 1 aromatic carbocycles. The van der Waals surface area contributed by atoms with E-state index in [0.717, 1.165) is 37.3 Å². The van der Waals surface area contributed by atoms with Gasteiger partial charge in [-0.25, -0.2) is 0 Å². The molecule has 1 saturated heterocycles. The Bertz CT molecular complexity index is 580. The van der Waals surface area contributed by atoms with Crippen LogP contribution in [0.4, 0.5) is 5.69 Å². The van der Waals surface area contributed by atoms with Gasteiger partial charge in [-0.05, 0) is 25.5 Å². The van der Waals surface area contributed by atoms with Gasteiger partial charge in [0.15, 0.2) is 0 Å². The van der Waals surface area contributed by atoms with E-state index in [1.54, 1.807) is 6.07 Å². The summed E-state index contributed by atoms with van der Waals surface area (Å²) in [5, 5.41) is 11.1. The molecule has 1 aromatic rings. The smallest absolute Gasteiger partial charge is 0.272 e. The molecule has 2 aliphatic rings. The highest BCUT2D eigenvalue weighted by Gasteiger charge is 2.35. The molecule has 0 unspecified atom stereocenters. The summed E-state index contributed by atoms with van der Waals surface area (Å²) in [6, 6.07) is 5.14. The maximum atomic E-state index is 12.6. The van der Waals surface area contributed by atoms with Crippen LogP contribution >= 0.6 is 0 Å². The summed E-state index contributed by atoms with van der Waals surface area (Å²) < 4.78 is 0. The van der Waals surface area contributed by atoms with Crippen LogP contribution in [0.2, 0.25) is 0 Å². The monoisotopic (exact) mass is 289 g/mol. The first-order chi connectivity index (χ1) is 10.1. The maximum absolute atomic E-state index is 12.6. The van der Waals surface area contributed by atoms with Crippen LogP contribution in [0.3, 0.4) is 0 Å². The quantitative estimate of drug-likeness (QED) is 0.603. The van der Waals surface area contributed by atoms with Crippen molar-refractivity contribution in [3.8, 4) is 0 Å². The van der Waals surface area contributed by atoms with E-state index < -0.39 is 0 Å². The Hall–Kier alpha value is -1.95. The van der Waals surface area contributed by atoms with Gasteiger partial charge < -0.3 is 9.80 Å². The number of benzene rings is 1. The van der Waals surface area contributed by atoms with Gasteiger partial charge in [-0.2, -0.15) is 0 Å². The van der Waals surface area contributed by atoms with E-state index in [4.69, 9.17) is 0 Å². The molecule has 1 aliphatic heterocycles. The highest BCUT2D eigenvalue weighted by molar-refractivity contribution is 5.81. The van der Waals surface area contributed by atoms with Crippen molar-refractivity contribution in [2.45, 2.75) is 12.8 Å². The summed E-state index contributed by atoms with van der Waals surface area (Å²) in [5.41, 5.74) is 1.85. The van der Waals surface area contributed by atoms with Crippen molar-refractivity contribution in [1.82, 2.24) is 9.80 Å². The van der Waals surface area contributed by atoms with E-state index in [2.05, 4.69) is 11.9 Å². The number of carbonyl (C=O) groups is 1. The summed E-state index contributed by atoms with van der Waals surface area (Å²) in [4.78, 5) is 27.4. The van der Waals surface area contributed by atoms with Crippen molar-refractivity contribution in [2.24, 2.45) is 5.92 Å². The molecular formula is C15H19N3O3. The van der Waals surface area contributed by atoms with Gasteiger partial charge in [0.2, 0.25) is 5.91 Å². The van der Waals surface area contributed by atoms with Crippen molar-refractivity contribution in [3.05, 3.63) is 39.4 Å². The Kier molecular flexibility index (Phi) is 3.63. The Morgan fingerprint density at radius 3 is 2.62 bits per heavy atom. The van der Waals surface area contributed by atoms with Crippen LogP contribution in [0.5, 0.6) is 0 Å². The molecule has 21 heavy (non-hydrogen) atoms. The average Bonchev–Trinajstić information content (AvgIpc) is 2.90. The number of piperazine rings is 1. The Labute approximate surface area is 123 Å². The molecule has 0 bridgehead atoms. The van der Waals surface area contributed by atoms with E-state index in [9.17, 15) is 14.9 Å². The third-order valence-corrected chi connectivity index (χ3v) is 4.53. The van der Waals surface area contributed by atoms with Gasteiger partial charge in [0.25, 0.3) is 5.69 Å². The lowest BCUT2D eigenvalue weighted by Crippen LogP contribution is -2.49. The predicted octanol–water partition coefficient (Wildman–Crippen LogP) is 1.08. The fourth-order valence-corrected chi connectivity index (χ4v) is 3.26. The number of amides is 1. The van der Waals surface area contributed by atoms with Crippen molar-refractivity contribution in [1.29, 1.82) is 0 Å². The summed E-state index contributed by atoms with van der Waals surface area (Å²) >= 11 is 0. The molecule has 1 fully saturated rings. The zero-order valence-electron chi connectivity index (χ0n) is 12.1. The summed E-state index contributed by atoms with van der Waals surface area (Å²) in [6.45, 7) is 3.30. The number of hydrogen-bond donors (Lipinski definition) is 0. The lowest BCUT2D eigenvalue weighted by Gasteiger charge is -2.33. The number of carbonyl (C=O) groups excluding carboxylic acids is 1. The van der Waals surface area contributed by atoms with Gasteiger partial charge in [-0.15, -0.1) is 0 Å². The number of rotatable bonds is 2. The highest BCUT2D eigenvalue weighted by atomic mass is 16.6. The van der Waals surface area contributed by atoms with Crippen molar-refractivity contribution in [2.75, 3.05) is 33.2 Å². The van der Waals surface area contributed by atoms with Crippen LogP contribution in [-0.4, -0.2) is 53.9 Å². The second kappa shape index (κ2) is 5.44. The summed E-state index contributed by atoms with van der Waals surface area (Å²) in [5.74, 6) is 0.0121. The van der Waals surface area contributed by atoms with Gasteiger partial charge in [-0.1, -0.05) is 12.1 Å². The SMILES string of the molecule is CN1CCN(C(=O)[C@@H]2Cc3cccc([N+](=O)[O-])c3C2)CC1. The highest BCUT2D eigenvalue weighted by Crippen LogP contribution is 2.34. The van der Waals surface area contributed by atoms with Gasteiger partial charge >= 0.3 is 0 Å². The van der Waals surface area contributed by atoms with Gasteiger partial charge in [0.05, 0.1) is 4.92 Å². The van der Waals surface area contributed by atoms with Gasteiger partial charge in [0, 0.05) is 43.7 Å². The van der Waals surface area contributed by atoms with Crippen molar-refractivity contribution < 1.29 is 9.72 Å². The normalized spacial score (nSPS) is 22.1. The zero-order valence-corrected chi connectivity index (χ0v) is 12.1. The molecular weight excluding hydrogens is 270 g/mol. The second-order valence-electron chi connectivity index (χ2n) is 5.91. The first-order valence-electron chi connectivity index (χ1n) is 7.28. The number of nitro groups is 1. The molecule has 1 amide bonds. The fraction of sp³-hybridized carbons (Fsp3) is 0.533. The van der Waals surface area contributed by atoms with Gasteiger partial charge in [0.1, 0.15) is 0 Å². The minimum Gasteiger partial charge on any atom is -0.340 e. The number of likely N-dealkylation sites (N-methyl/N-ethyl adjacent to an activating group) is 1. The number of nitro benzene ring substituents is 1. The van der Waals surface area contributed by atoms with E-state index >= 15 is 0 Å². The molecule has 0 N–H and O–H groups in total. The lowest BCUT2D eigenvalue weighted by molar-refractivity contribution is -0.385. The fourth-order valence-electron chi connectivity index (χ4n) is 3.26. The molecule has 3 rings (SSSR count). The molecule has 1 heterocycles. The van der Waals surface area contributed by atoms with Crippen LogP contribution in [0.25, 0.3) is 0 Å². The zero-order chi connectivity index (χ0) is 15.0.